The molecule has 0 aliphatic carbocycles. The average Bonchev–Trinajstić information content (AvgIpc) is 2.63. The summed E-state index contributed by atoms with van der Waals surface area (Å²) in [6.07, 6.45) is 5.09. The number of amides is 1. The first kappa shape index (κ1) is 12.5. The highest BCUT2D eigenvalue weighted by atomic mass is 16.5. The van der Waals surface area contributed by atoms with Gasteiger partial charge in [0, 0.05) is 17.6 Å². The third-order valence-corrected chi connectivity index (χ3v) is 4.50. The van der Waals surface area contributed by atoms with Crippen LogP contribution in [0, 0.1) is 0 Å². The first-order chi connectivity index (χ1) is 9.13. The van der Waals surface area contributed by atoms with Crippen LogP contribution in [0.4, 0.5) is 0 Å². The van der Waals surface area contributed by atoms with E-state index in [4.69, 9.17) is 10.5 Å². The molecule has 0 aromatic heterocycles. The van der Waals surface area contributed by atoms with E-state index in [1.54, 1.807) is 12.1 Å². The van der Waals surface area contributed by atoms with Crippen LogP contribution in [0.2, 0.25) is 0 Å². The Balaban J connectivity index is 1.64. The standard InChI is InChI=1S/C15H20N2O2/c1-17-11-4-5-12(17)9-14(8-11)19-13-6-2-10(3-7-13)15(16)18/h2-3,6-7,11-12,14H,4-5,8-9H2,1H3,(H2,16,18)/t11-,12+,14?. The molecule has 3 rings (SSSR count). The van der Waals surface area contributed by atoms with Crippen molar-refractivity contribution in [3.8, 4) is 5.75 Å². The Morgan fingerprint density at radius 2 is 1.79 bits per heavy atom. The Hall–Kier alpha value is -1.55. The second-order valence-electron chi connectivity index (χ2n) is 5.65. The van der Waals surface area contributed by atoms with Gasteiger partial charge in [-0.25, -0.2) is 0 Å². The summed E-state index contributed by atoms with van der Waals surface area (Å²) >= 11 is 0. The maximum absolute atomic E-state index is 11.0. The van der Waals surface area contributed by atoms with Gasteiger partial charge in [-0.3, -0.25) is 4.79 Å². The molecule has 1 aromatic carbocycles. The van der Waals surface area contributed by atoms with Crippen LogP contribution >= 0.6 is 0 Å². The normalized spacial score (nSPS) is 30.3. The van der Waals surface area contributed by atoms with Crippen LogP contribution in [0.5, 0.6) is 5.75 Å². The number of fused-ring (bicyclic) bond motifs is 2. The van der Waals surface area contributed by atoms with Crippen molar-refractivity contribution in [2.45, 2.75) is 43.9 Å². The summed E-state index contributed by atoms with van der Waals surface area (Å²) in [5, 5.41) is 0. The van der Waals surface area contributed by atoms with Gasteiger partial charge < -0.3 is 15.4 Å². The van der Waals surface area contributed by atoms with Crippen LogP contribution in [-0.2, 0) is 0 Å². The van der Waals surface area contributed by atoms with Crippen LogP contribution in [0.3, 0.4) is 0 Å². The van der Waals surface area contributed by atoms with Gasteiger partial charge in [-0.05, 0) is 57.0 Å². The summed E-state index contributed by atoms with van der Waals surface area (Å²) < 4.78 is 6.04. The summed E-state index contributed by atoms with van der Waals surface area (Å²) in [5.41, 5.74) is 5.75. The van der Waals surface area contributed by atoms with Crippen LogP contribution in [0.15, 0.2) is 24.3 Å². The topological polar surface area (TPSA) is 55.6 Å². The fourth-order valence-corrected chi connectivity index (χ4v) is 3.35. The Morgan fingerprint density at radius 3 is 2.32 bits per heavy atom. The number of carbonyl (C=O) groups is 1. The van der Waals surface area contributed by atoms with Crippen LogP contribution < -0.4 is 10.5 Å². The van der Waals surface area contributed by atoms with Gasteiger partial charge >= 0.3 is 0 Å². The molecule has 2 aliphatic heterocycles. The molecule has 2 fully saturated rings. The van der Waals surface area contributed by atoms with Crippen molar-refractivity contribution >= 4 is 5.91 Å². The molecular weight excluding hydrogens is 240 g/mol. The lowest BCUT2D eigenvalue weighted by atomic mass is 10.0. The minimum atomic E-state index is -0.399. The van der Waals surface area contributed by atoms with Gasteiger partial charge in [0.1, 0.15) is 11.9 Å². The molecule has 1 aromatic rings. The van der Waals surface area contributed by atoms with E-state index in [1.807, 2.05) is 12.1 Å². The SMILES string of the molecule is CN1[C@@H]2CC[C@H]1CC(Oc1ccc(C(N)=O)cc1)C2. The van der Waals surface area contributed by atoms with Crippen molar-refractivity contribution in [1.29, 1.82) is 0 Å². The molecule has 2 bridgehead atoms. The summed E-state index contributed by atoms with van der Waals surface area (Å²) in [4.78, 5) is 13.5. The molecule has 19 heavy (non-hydrogen) atoms. The summed E-state index contributed by atoms with van der Waals surface area (Å²) in [6.45, 7) is 0. The second kappa shape index (κ2) is 4.85. The predicted octanol–water partition coefficient (Wildman–Crippen LogP) is 1.79. The van der Waals surface area contributed by atoms with E-state index in [2.05, 4.69) is 11.9 Å². The molecule has 102 valence electrons. The van der Waals surface area contributed by atoms with Gasteiger partial charge in [-0.1, -0.05) is 0 Å². The molecule has 0 saturated carbocycles. The number of hydrogen-bond acceptors (Lipinski definition) is 3. The highest BCUT2D eigenvalue weighted by Gasteiger charge is 2.39. The Kier molecular flexibility index (Phi) is 3.19. The Labute approximate surface area is 113 Å². The molecule has 0 spiro atoms. The lowest BCUT2D eigenvalue weighted by Crippen LogP contribution is -2.43. The second-order valence-corrected chi connectivity index (χ2v) is 5.65. The molecule has 1 amide bonds. The zero-order valence-corrected chi connectivity index (χ0v) is 11.2. The van der Waals surface area contributed by atoms with Crippen LogP contribution in [-0.4, -0.2) is 36.0 Å². The number of piperidine rings is 1. The quantitative estimate of drug-likeness (QED) is 0.901. The molecule has 4 nitrogen and oxygen atoms in total. The van der Waals surface area contributed by atoms with Crippen molar-refractivity contribution in [3.05, 3.63) is 29.8 Å². The molecular formula is C15H20N2O2. The van der Waals surface area contributed by atoms with E-state index in [0.29, 0.717) is 23.8 Å². The molecule has 0 radical (unpaired) electrons. The molecule has 1 unspecified atom stereocenters. The highest BCUT2D eigenvalue weighted by molar-refractivity contribution is 5.92. The predicted molar refractivity (Wildman–Crippen MR) is 73.2 cm³/mol. The van der Waals surface area contributed by atoms with Crippen LogP contribution in [0.1, 0.15) is 36.0 Å². The maximum Gasteiger partial charge on any atom is 0.248 e. The zero-order chi connectivity index (χ0) is 13.4. The molecule has 3 atom stereocenters. The Bertz CT molecular complexity index is 458. The van der Waals surface area contributed by atoms with E-state index < -0.39 is 5.91 Å². The van der Waals surface area contributed by atoms with Crippen molar-refractivity contribution in [2.75, 3.05) is 7.05 Å². The van der Waals surface area contributed by atoms with Crippen molar-refractivity contribution in [3.63, 3.8) is 0 Å². The third-order valence-electron chi connectivity index (χ3n) is 4.50. The highest BCUT2D eigenvalue weighted by Crippen LogP contribution is 2.35. The van der Waals surface area contributed by atoms with Gasteiger partial charge in [0.05, 0.1) is 0 Å². The fraction of sp³-hybridized carbons (Fsp3) is 0.533. The zero-order valence-electron chi connectivity index (χ0n) is 11.2. The number of nitrogens with zero attached hydrogens (tertiary/aromatic N) is 1. The Morgan fingerprint density at radius 1 is 1.21 bits per heavy atom. The first-order valence-corrected chi connectivity index (χ1v) is 6.92. The van der Waals surface area contributed by atoms with Gasteiger partial charge in [0.2, 0.25) is 5.91 Å². The van der Waals surface area contributed by atoms with Gasteiger partial charge in [0.25, 0.3) is 0 Å². The largest absolute Gasteiger partial charge is 0.490 e. The lowest BCUT2D eigenvalue weighted by molar-refractivity contribution is 0.0661. The molecule has 4 heteroatoms. The van der Waals surface area contributed by atoms with Gasteiger partial charge in [-0.2, -0.15) is 0 Å². The first-order valence-electron chi connectivity index (χ1n) is 6.92. The molecule has 2 aliphatic rings. The van der Waals surface area contributed by atoms with Crippen molar-refractivity contribution < 1.29 is 9.53 Å². The molecule has 2 heterocycles. The van der Waals surface area contributed by atoms with Crippen molar-refractivity contribution in [2.24, 2.45) is 5.73 Å². The number of carbonyl (C=O) groups excluding carboxylic acids is 1. The van der Waals surface area contributed by atoms with Crippen molar-refractivity contribution in [1.82, 2.24) is 4.90 Å². The monoisotopic (exact) mass is 260 g/mol. The number of hydrogen-bond donors (Lipinski definition) is 1. The smallest absolute Gasteiger partial charge is 0.248 e. The molecule has 2 N–H and O–H groups in total. The number of primary amides is 1. The van der Waals surface area contributed by atoms with E-state index in [9.17, 15) is 4.79 Å². The number of benzene rings is 1. The third kappa shape index (κ3) is 2.45. The summed E-state index contributed by atoms with van der Waals surface area (Å²) in [5.74, 6) is 0.433. The average molecular weight is 260 g/mol. The number of rotatable bonds is 3. The van der Waals surface area contributed by atoms with Gasteiger partial charge in [-0.15, -0.1) is 0 Å². The fourth-order valence-electron chi connectivity index (χ4n) is 3.35. The maximum atomic E-state index is 11.0. The van der Waals surface area contributed by atoms with Crippen LogP contribution in [0.25, 0.3) is 0 Å². The van der Waals surface area contributed by atoms with E-state index >= 15 is 0 Å². The van der Waals surface area contributed by atoms with E-state index in [-0.39, 0.29) is 0 Å². The molecule has 2 saturated heterocycles. The number of nitrogens with two attached hydrogens (primary N) is 1. The van der Waals surface area contributed by atoms with E-state index in [0.717, 1.165) is 18.6 Å². The summed E-state index contributed by atoms with van der Waals surface area (Å²) in [6, 6.07) is 8.46. The minimum absolute atomic E-state index is 0.299. The number of ether oxygens (including phenoxy) is 1. The van der Waals surface area contributed by atoms with Gasteiger partial charge in [0.15, 0.2) is 0 Å². The lowest BCUT2D eigenvalue weighted by Gasteiger charge is -2.36. The summed E-state index contributed by atoms with van der Waals surface area (Å²) in [7, 11) is 2.22. The minimum Gasteiger partial charge on any atom is -0.490 e. The van der Waals surface area contributed by atoms with E-state index in [1.165, 1.54) is 12.8 Å².